The highest BCUT2D eigenvalue weighted by Gasteiger charge is 2.23. The average molecular weight is 573 g/mol. The minimum atomic E-state index is -1.06. The summed E-state index contributed by atoms with van der Waals surface area (Å²) in [4.78, 5) is 21.3. The van der Waals surface area contributed by atoms with Crippen LogP contribution in [-0.2, 0) is 24.3 Å². The minimum absolute atomic E-state index is 0.00504. The Bertz CT molecular complexity index is 1820. The van der Waals surface area contributed by atoms with E-state index in [-0.39, 0.29) is 47.4 Å². The number of imidazole rings is 1. The van der Waals surface area contributed by atoms with E-state index in [0.717, 1.165) is 23.4 Å². The van der Waals surface area contributed by atoms with E-state index in [4.69, 9.17) is 14.7 Å². The van der Waals surface area contributed by atoms with Crippen molar-refractivity contribution in [1.29, 1.82) is 5.26 Å². The van der Waals surface area contributed by atoms with E-state index >= 15 is 8.78 Å². The van der Waals surface area contributed by atoms with Crippen LogP contribution in [0, 0.1) is 23.0 Å². The number of carbonyl (C=O) groups is 1. The molecule has 1 saturated heterocycles. The molecule has 3 aromatic heterocycles. The van der Waals surface area contributed by atoms with E-state index in [0.29, 0.717) is 35.6 Å². The van der Waals surface area contributed by atoms with Crippen LogP contribution in [0.2, 0.25) is 0 Å². The highest BCUT2D eigenvalue weighted by molar-refractivity contribution is 7.10. The molecule has 5 aromatic rings. The molecule has 11 heteroatoms. The summed E-state index contributed by atoms with van der Waals surface area (Å²) in [5.74, 6) is -1.62. The molecule has 1 unspecified atom stereocenters. The second-order valence-corrected chi connectivity index (χ2v) is 10.6. The van der Waals surface area contributed by atoms with E-state index in [1.54, 1.807) is 35.7 Å². The van der Waals surface area contributed by atoms with Crippen LogP contribution in [0.4, 0.5) is 8.78 Å². The molecule has 8 nitrogen and oxygen atoms in total. The Hall–Kier alpha value is -4.66. The lowest BCUT2D eigenvalue weighted by Gasteiger charge is -2.27. The molecule has 1 fully saturated rings. The van der Waals surface area contributed by atoms with Gasteiger partial charge in [-0.1, -0.05) is 6.07 Å². The van der Waals surface area contributed by atoms with Gasteiger partial charge in [-0.25, -0.2) is 23.5 Å². The molecule has 1 aliphatic rings. The summed E-state index contributed by atoms with van der Waals surface area (Å²) >= 11 is 1.39. The van der Waals surface area contributed by atoms with Crippen molar-refractivity contribution >= 4 is 28.3 Å². The number of nitrogens with zero attached hydrogens (tertiary/aromatic N) is 4. The lowest BCUT2D eigenvalue weighted by molar-refractivity contribution is -0.0589. The number of fused-ring (bicyclic) bond motifs is 1. The molecule has 4 heterocycles. The Morgan fingerprint density at radius 3 is 2.76 bits per heavy atom. The Morgan fingerprint density at radius 2 is 2.02 bits per heavy atom. The molecule has 0 radical (unpaired) electrons. The van der Waals surface area contributed by atoms with Crippen molar-refractivity contribution in [2.45, 2.75) is 32.1 Å². The molecule has 0 amide bonds. The van der Waals surface area contributed by atoms with E-state index < -0.39 is 17.6 Å². The van der Waals surface area contributed by atoms with Gasteiger partial charge in [-0.3, -0.25) is 0 Å². The van der Waals surface area contributed by atoms with Crippen LogP contribution in [0.15, 0.2) is 60.0 Å². The minimum Gasteiger partial charge on any atom is -0.478 e. The van der Waals surface area contributed by atoms with Gasteiger partial charge in [0.25, 0.3) is 0 Å². The van der Waals surface area contributed by atoms with Crippen LogP contribution in [0.25, 0.3) is 22.3 Å². The van der Waals surface area contributed by atoms with E-state index in [9.17, 15) is 9.90 Å². The third-order valence-electron chi connectivity index (χ3n) is 6.88. The molecule has 0 aliphatic carbocycles. The van der Waals surface area contributed by atoms with Crippen molar-refractivity contribution in [2.24, 2.45) is 0 Å². The van der Waals surface area contributed by atoms with Gasteiger partial charge >= 0.3 is 5.97 Å². The normalized spacial score (nSPS) is 14.5. The molecule has 1 aliphatic heterocycles. The smallest absolute Gasteiger partial charge is 0.335 e. The third kappa shape index (κ3) is 5.52. The number of hydrogen-bond donors (Lipinski definition) is 1. The van der Waals surface area contributed by atoms with Crippen LogP contribution < -0.4 is 4.74 Å². The Labute approximate surface area is 237 Å². The zero-order chi connectivity index (χ0) is 28.5. The molecule has 1 atom stereocenters. The molecule has 0 bridgehead atoms. The zero-order valence-corrected chi connectivity index (χ0v) is 22.3. The maximum absolute atomic E-state index is 15.4. The topological polar surface area (TPSA) is 110 Å². The third-order valence-corrected chi connectivity index (χ3v) is 7.79. The number of hydrogen-bond acceptors (Lipinski definition) is 7. The maximum Gasteiger partial charge on any atom is 0.335 e. The second-order valence-electron chi connectivity index (χ2n) is 9.59. The number of rotatable bonds is 9. The highest BCUT2D eigenvalue weighted by Crippen LogP contribution is 2.29. The lowest BCUT2D eigenvalue weighted by atomic mass is 10.0. The lowest BCUT2D eigenvalue weighted by Crippen LogP contribution is -2.31. The predicted molar refractivity (Wildman–Crippen MR) is 147 cm³/mol. The Balaban J connectivity index is 1.27. The summed E-state index contributed by atoms with van der Waals surface area (Å²) in [7, 11) is 0. The number of carboxylic acids is 1. The van der Waals surface area contributed by atoms with Crippen molar-refractivity contribution in [3.05, 3.63) is 99.0 Å². The molecular weight excluding hydrogens is 550 g/mol. The van der Waals surface area contributed by atoms with Gasteiger partial charge in [0.05, 0.1) is 40.5 Å². The number of aromatic nitrogens is 3. The van der Waals surface area contributed by atoms with Crippen LogP contribution in [-0.4, -0.2) is 38.3 Å². The molecular formula is C30H22F2N4O4S. The number of benzene rings is 2. The fourth-order valence-electron chi connectivity index (χ4n) is 4.67. The summed E-state index contributed by atoms with van der Waals surface area (Å²) in [5, 5.41) is 20.2. The molecule has 0 spiro atoms. The second kappa shape index (κ2) is 11.1. The molecule has 1 N–H and O–H groups in total. The first-order valence-electron chi connectivity index (χ1n) is 12.8. The van der Waals surface area contributed by atoms with E-state index in [1.165, 1.54) is 23.5 Å². The van der Waals surface area contributed by atoms with Gasteiger partial charge in [0.1, 0.15) is 30.1 Å². The van der Waals surface area contributed by atoms with Gasteiger partial charge in [0, 0.05) is 34.9 Å². The number of carboxylic acid groups (broad SMARTS) is 1. The first-order valence-corrected chi connectivity index (χ1v) is 13.7. The number of nitriles is 1. The quantitative estimate of drug-likeness (QED) is 0.232. The summed E-state index contributed by atoms with van der Waals surface area (Å²) in [6.07, 6.45) is 0.784. The number of aromatic carboxylic acids is 1. The number of halogens is 2. The summed E-state index contributed by atoms with van der Waals surface area (Å²) < 4.78 is 43.9. The van der Waals surface area contributed by atoms with Gasteiger partial charge in [-0.2, -0.15) is 5.26 Å². The van der Waals surface area contributed by atoms with Crippen LogP contribution in [0.3, 0.4) is 0 Å². The first-order chi connectivity index (χ1) is 19.9. The van der Waals surface area contributed by atoms with Gasteiger partial charge in [0.2, 0.25) is 5.88 Å². The SMILES string of the molecule is N#Cc1csc(COc2cccc(-c3cc(F)c(Cc4nc5ccc(C(=O)O)cc5n4CC4CCO4)cc3F)n2)c1. The van der Waals surface area contributed by atoms with Crippen molar-refractivity contribution in [3.63, 3.8) is 0 Å². The standard InChI is InChI=1S/C30H22F2N4O4S/c31-23-12-22(25-2-1-3-29(35-25)40-15-21-8-17(13-33)16-41-21)24(32)9-19(23)11-28-34-26-5-4-18(30(37)38)10-27(26)36(28)14-20-6-7-39-20/h1-5,8-10,12,16,20H,6-7,11,14-15H2,(H,37,38). The summed E-state index contributed by atoms with van der Waals surface area (Å²) in [6, 6.07) is 15.5. The van der Waals surface area contributed by atoms with Crippen molar-refractivity contribution in [2.75, 3.05) is 6.61 Å². The molecule has 6 rings (SSSR count). The monoisotopic (exact) mass is 572 g/mol. The largest absolute Gasteiger partial charge is 0.478 e. The molecule has 206 valence electrons. The summed E-state index contributed by atoms with van der Waals surface area (Å²) in [5.41, 5.74) is 2.13. The summed E-state index contributed by atoms with van der Waals surface area (Å²) in [6.45, 7) is 1.27. The predicted octanol–water partition coefficient (Wildman–Crippen LogP) is 5.97. The fraction of sp³-hybridized carbons (Fsp3) is 0.200. The van der Waals surface area contributed by atoms with Crippen molar-refractivity contribution < 1.29 is 28.2 Å². The van der Waals surface area contributed by atoms with Gasteiger partial charge in [-0.05, 0) is 54.4 Å². The zero-order valence-electron chi connectivity index (χ0n) is 21.5. The van der Waals surface area contributed by atoms with Crippen molar-refractivity contribution in [1.82, 2.24) is 14.5 Å². The van der Waals surface area contributed by atoms with Crippen LogP contribution in [0.5, 0.6) is 5.88 Å². The van der Waals surface area contributed by atoms with Crippen molar-refractivity contribution in [3.8, 4) is 23.2 Å². The Morgan fingerprint density at radius 1 is 1.17 bits per heavy atom. The van der Waals surface area contributed by atoms with E-state index in [1.807, 2.05) is 4.57 Å². The molecule has 41 heavy (non-hydrogen) atoms. The number of thiophene rings is 1. The van der Waals surface area contributed by atoms with Gasteiger partial charge in [-0.15, -0.1) is 11.3 Å². The van der Waals surface area contributed by atoms with Gasteiger partial charge in [0.15, 0.2) is 0 Å². The Kier molecular flexibility index (Phi) is 7.17. The van der Waals surface area contributed by atoms with E-state index in [2.05, 4.69) is 16.0 Å². The van der Waals surface area contributed by atoms with Gasteiger partial charge < -0.3 is 19.1 Å². The maximum atomic E-state index is 15.4. The average Bonchev–Trinajstić information content (AvgIpc) is 3.55. The number of pyridine rings is 1. The molecule has 0 saturated carbocycles. The molecule has 2 aromatic carbocycles. The highest BCUT2D eigenvalue weighted by atomic mass is 32.1. The fourth-order valence-corrected chi connectivity index (χ4v) is 5.39. The number of ether oxygens (including phenoxy) is 2. The first kappa shape index (κ1) is 26.6. The van der Waals surface area contributed by atoms with Crippen LogP contribution >= 0.6 is 11.3 Å². The van der Waals surface area contributed by atoms with Crippen LogP contribution in [0.1, 0.15) is 38.6 Å².